The Hall–Kier alpha value is -1.71. The summed E-state index contributed by atoms with van der Waals surface area (Å²) in [6.45, 7) is 6.06. The Balaban J connectivity index is 2.78. The first kappa shape index (κ1) is 13.4. The van der Waals surface area contributed by atoms with Gasteiger partial charge in [0.15, 0.2) is 0 Å². The standard InChI is InChI=1S/C13H20N2O2/c1-13(2,3)8-12(16)15-10-6-5-9(14)7-11(10)17-4/h5-7H,8,14H2,1-4H3,(H,15,16). The zero-order chi connectivity index (χ0) is 13.1. The minimum atomic E-state index is -0.0366. The minimum Gasteiger partial charge on any atom is -0.494 e. The number of methoxy groups -OCH3 is 1. The molecule has 0 saturated carbocycles. The highest BCUT2D eigenvalue weighted by atomic mass is 16.5. The second kappa shape index (κ2) is 5.08. The van der Waals surface area contributed by atoms with Crippen LogP contribution in [0.15, 0.2) is 18.2 Å². The summed E-state index contributed by atoms with van der Waals surface area (Å²) in [6, 6.07) is 5.16. The van der Waals surface area contributed by atoms with Gasteiger partial charge in [-0.25, -0.2) is 0 Å². The van der Waals surface area contributed by atoms with E-state index >= 15 is 0 Å². The Morgan fingerprint density at radius 2 is 2.06 bits per heavy atom. The normalized spacial score (nSPS) is 11.1. The van der Waals surface area contributed by atoms with Crippen molar-refractivity contribution in [2.24, 2.45) is 5.41 Å². The topological polar surface area (TPSA) is 64.3 Å². The molecule has 0 saturated heterocycles. The number of nitrogens with one attached hydrogen (secondary N) is 1. The smallest absolute Gasteiger partial charge is 0.224 e. The van der Waals surface area contributed by atoms with Gasteiger partial charge in [0.2, 0.25) is 5.91 Å². The van der Waals surface area contributed by atoms with Crippen LogP contribution in [-0.4, -0.2) is 13.0 Å². The van der Waals surface area contributed by atoms with Gasteiger partial charge in [-0.15, -0.1) is 0 Å². The highest BCUT2D eigenvalue weighted by Gasteiger charge is 2.17. The third-order valence-electron chi connectivity index (χ3n) is 2.19. The number of nitrogens with two attached hydrogens (primary N) is 1. The molecule has 0 atom stereocenters. The van der Waals surface area contributed by atoms with E-state index < -0.39 is 0 Å². The molecule has 0 fully saturated rings. The number of hydrogen-bond acceptors (Lipinski definition) is 3. The number of ether oxygens (including phenoxy) is 1. The van der Waals surface area contributed by atoms with Crippen LogP contribution in [0.5, 0.6) is 5.75 Å². The Bertz CT molecular complexity index is 408. The SMILES string of the molecule is COc1cc(N)ccc1NC(=O)CC(C)(C)C. The van der Waals surface area contributed by atoms with E-state index in [9.17, 15) is 4.79 Å². The van der Waals surface area contributed by atoms with Gasteiger partial charge in [0.25, 0.3) is 0 Å². The molecule has 1 aromatic rings. The van der Waals surface area contributed by atoms with Crippen molar-refractivity contribution in [1.29, 1.82) is 0 Å². The molecule has 94 valence electrons. The summed E-state index contributed by atoms with van der Waals surface area (Å²) in [5, 5.41) is 2.83. The van der Waals surface area contributed by atoms with Crippen molar-refractivity contribution in [1.82, 2.24) is 0 Å². The molecule has 0 unspecified atom stereocenters. The van der Waals surface area contributed by atoms with Crippen molar-refractivity contribution in [3.63, 3.8) is 0 Å². The van der Waals surface area contributed by atoms with Crippen LogP contribution in [-0.2, 0) is 4.79 Å². The summed E-state index contributed by atoms with van der Waals surface area (Å²) in [6.07, 6.45) is 0.459. The first-order valence-electron chi connectivity index (χ1n) is 5.55. The largest absolute Gasteiger partial charge is 0.494 e. The Morgan fingerprint density at radius 1 is 1.41 bits per heavy atom. The Kier molecular flexibility index (Phi) is 3.99. The van der Waals surface area contributed by atoms with Crippen molar-refractivity contribution in [2.75, 3.05) is 18.2 Å². The van der Waals surface area contributed by atoms with Crippen LogP contribution >= 0.6 is 0 Å². The molecule has 1 rings (SSSR count). The van der Waals surface area contributed by atoms with E-state index in [0.717, 1.165) is 0 Å². The van der Waals surface area contributed by atoms with Crippen molar-refractivity contribution in [2.45, 2.75) is 27.2 Å². The Labute approximate surface area is 102 Å². The molecule has 0 heterocycles. The maximum Gasteiger partial charge on any atom is 0.224 e. The predicted molar refractivity (Wildman–Crippen MR) is 70.1 cm³/mol. The molecule has 0 bridgehead atoms. The van der Waals surface area contributed by atoms with Gasteiger partial charge in [-0.2, -0.15) is 0 Å². The molecule has 1 aromatic carbocycles. The monoisotopic (exact) mass is 236 g/mol. The third-order valence-corrected chi connectivity index (χ3v) is 2.19. The van der Waals surface area contributed by atoms with E-state index in [0.29, 0.717) is 23.5 Å². The zero-order valence-corrected chi connectivity index (χ0v) is 10.8. The van der Waals surface area contributed by atoms with Crippen LogP contribution in [0, 0.1) is 5.41 Å². The average Bonchev–Trinajstić information content (AvgIpc) is 2.17. The molecule has 1 amide bonds. The van der Waals surface area contributed by atoms with Crippen molar-refractivity contribution in [3.8, 4) is 5.75 Å². The number of anilines is 2. The molecule has 0 radical (unpaired) electrons. The summed E-state index contributed by atoms with van der Waals surface area (Å²) in [5.74, 6) is 0.549. The molecule has 4 nitrogen and oxygen atoms in total. The summed E-state index contributed by atoms with van der Waals surface area (Å²) < 4.78 is 5.16. The molecule has 0 aliphatic heterocycles. The summed E-state index contributed by atoms with van der Waals surface area (Å²) in [5.41, 5.74) is 6.86. The quantitative estimate of drug-likeness (QED) is 0.793. The van der Waals surface area contributed by atoms with Gasteiger partial charge in [-0.05, 0) is 17.5 Å². The molecule has 0 aliphatic carbocycles. The minimum absolute atomic E-state index is 0.0272. The fraction of sp³-hybridized carbons (Fsp3) is 0.462. The highest BCUT2D eigenvalue weighted by molar-refractivity contribution is 5.92. The van der Waals surface area contributed by atoms with E-state index in [1.165, 1.54) is 0 Å². The molecule has 3 N–H and O–H groups in total. The van der Waals surface area contributed by atoms with Crippen molar-refractivity contribution < 1.29 is 9.53 Å². The maximum atomic E-state index is 11.8. The molecule has 0 aromatic heterocycles. The van der Waals surface area contributed by atoms with Gasteiger partial charge in [-0.3, -0.25) is 4.79 Å². The van der Waals surface area contributed by atoms with E-state index in [4.69, 9.17) is 10.5 Å². The molecular formula is C13H20N2O2. The van der Waals surface area contributed by atoms with Crippen molar-refractivity contribution in [3.05, 3.63) is 18.2 Å². The van der Waals surface area contributed by atoms with Crippen LogP contribution in [0.2, 0.25) is 0 Å². The molecule has 17 heavy (non-hydrogen) atoms. The summed E-state index contributed by atoms with van der Waals surface area (Å²) in [7, 11) is 1.55. The number of rotatable bonds is 3. The van der Waals surface area contributed by atoms with Gasteiger partial charge in [0.05, 0.1) is 12.8 Å². The van der Waals surface area contributed by atoms with Crippen molar-refractivity contribution >= 4 is 17.3 Å². The van der Waals surface area contributed by atoms with E-state index in [1.807, 2.05) is 20.8 Å². The number of hydrogen-bond donors (Lipinski definition) is 2. The van der Waals surface area contributed by atoms with Crippen LogP contribution in [0.3, 0.4) is 0 Å². The first-order valence-corrected chi connectivity index (χ1v) is 5.55. The lowest BCUT2D eigenvalue weighted by Gasteiger charge is -2.18. The average molecular weight is 236 g/mol. The molecular weight excluding hydrogens is 216 g/mol. The number of carbonyl (C=O) groups excluding carboxylic acids is 1. The lowest BCUT2D eigenvalue weighted by atomic mass is 9.92. The van der Waals surface area contributed by atoms with Gasteiger partial charge >= 0.3 is 0 Å². The van der Waals surface area contributed by atoms with E-state index in [1.54, 1.807) is 25.3 Å². The van der Waals surface area contributed by atoms with Crippen LogP contribution in [0.4, 0.5) is 11.4 Å². The summed E-state index contributed by atoms with van der Waals surface area (Å²) in [4.78, 5) is 11.8. The number of nitrogen functional groups attached to an aromatic ring is 1. The zero-order valence-electron chi connectivity index (χ0n) is 10.8. The number of benzene rings is 1. The first-order chi connectivity index (χ1) is 7.81. The van der Waals surface area contributed by atoms with Crippen LogP contribution in [0.1, 0.15) is 27.2 Å². The fourth-order valence-corrected chi connectivity index (χ4v) is 1.49. The number of carbonyl (C=O) groups is 1. The van der Waals surface area contributed by atoms with Gasteiger partial charge in [0, 0.05) is 18.2 Å². The second-order valence-corrected chi connectivity index (χ2v) is 5.25. The van der Waals surface area contributed by atoms with E-state index in [-0.39, 0.29) is 11.3 Å². The lowest BCUT2D eigenvalue weighted by Crippen LogP contribution is -2.20. The second-order valence-electron chi connectivity index (χ2n) is 5.25. The highest BCUT2D eigenvalue weighted by Crippen LogP contribution is 2.27. The third kappa shape index (κ3) is 4.34. The molecule has 0 spiro atoms. The summed E-state index contributed by atoms with van der Waals surface area (Å²) >= 11 is 0. The van der Waals surface area contributed by atoms with Crippen LogP contribution in [0.25, 0.3) is 0 Å². The maximum absolute atomic E-state index is 11.8. The van der Waals surface area contributed by atoms with E-state index in [2.05, 4.69) is 5.32 Å². The van der Waals surface area contributed by atoms with Gasteiger partial charge in [0.1, 0.15) is 5.75 Å². The van der Waals surface area contributed by atoms with Crippen LogP contribution < -0.4 is 15.8 Å². The van der Waals surface area contributed by atoms with Gasteiger partial charge in [-0.1, -0.05) is 20.8 Å². The lowest BCUT2D eigenvalue weighted by molar-refractivity contribution is -0.117. The number of amides is 1. The predicted octanol–water partition coefficient (Wildman–Crippen LogP) is 2.65. The molecule has 4 heteroatoms. The van der Waals surface area contributed by atoms with Gasteiger partial charge < -0.3 is 15.8 Å². The fourth-order valence-electron chi connectivity index (χ4n) is 1.49. The Morgan fingerprint density at radius 3 is 2.59 bits per heavy atom. The molecule has 0 aliphatic rings.